The molecule has 1 atom stereocenters. The molecule has 5 rings (SSSR count). The van der Waals surface area contributed by atoms with Gasteiger partial charge in [0.2, 0.25) is 5.95 Å². The van der Waals surface area contributed by atoms with Gasteiger partial charge in [-0.05, 0) is 6.07 Å². The molecule has 0 radical (unpaired) electrons. The van der Waals surface area contributed by atoms with E-state index >= 15 is 0 Å². The molecular formula is C17H16N6O3. The smallest absolute Gasteiger partial charge is 0.224 e. The molecule has 0 aliphatic carbocycles. The monoisotopic (exact) mass is 352 g/mol. The SMILES string of the molecule is Nc1nc(N2CCOCC2)c2nc(C3OOc4ccccc43)cnc2n1. The zero-order valence-electron chi connectivity index (χ0n) is 13.8. The van der Waals surface area contributed by atoms with Crippen LogP contribution in [0.1, 0.15) is 17.4 Å². The number of hydrogen-bond acceptors (Lipinski definition) is 9. The van der Waals surface area contributed by atoms with E-state index < -0.39 is 6.10 Å². The number of hydrogen-bond donors (Lipinski definition) is 1. The van der Waals surface area contributed by atoms with Gasteiger partial charge < -0.3 is 20.3 Å². The van der Waals surface area contributed by atoms with Gasteiger partial charge >= 0.3 is 0 Å². The van der Waals surface area contributed by atoms with Crippen LogP contribution in [0.5, 0.6) is 5.75 Å². The van der Waals surface area contributed by atoms with Gasteiger partial charge in [-0.3, -0.25) is 0 Å². The van der Waals surface area contributed by atoms with E-state index in [1.165, 1.54) is 0 Å². The van der Waals surface area contributed by atoms with E-state index in [0.29, 0.717) is 54.7 Å². The zero-order chi connectivity index (χ0) is 17.5. The lowest BCUT2D eigenvalue weighted by Crippen LogP contribution is -2.37. The van der Waals surface area contributed by atoms with Crippen LogP contribution in [0.15, 0.2) is 30.5 Å². The van der Waals surface area contributed by atoms with Crippen molar-refractivity contribution >= 4 is 22.9 Å². The van der Waals surface area contributed by atoms with Crippen LogP contribution in [0.4, 0.5) is 11.8 Å². The first-order valence-electron chi connectivity index (χ1n) is 8.35. The van der Waals surface area contributed by atoms with E-state index in [-0.39, 0.29) is 5.95 Å². The van der Waals surface area contributed by atoms with Crippen molar-refractivity contribution in [3.8, 4) is 5.75 Å². The van der Waals surface area contributed by atoms with Crippen LogP contribution in [-0.2, 0) is 9.62 Å². The van der Waals surface area contributed by atoms with Crippen molar-refractivity contribution in [3.63, 3.8) is 0 Å². The fourth-order valence-electron chi connectivity index (χ4n) is 3.18. The van der Waals surface area contributed by atoms with Gasteiger partial charge in [0.15, 0.2) is 28.8 Å². The van der Waals surface area contributed by atoms with Crippen molar-refractivity contribution in [3.05, 3.63) is 41.7 Å². The molecule has 0 spiro atoms. The van der Waals surface area contributed by atoms with Gasteiger partial charge in [0, 0.05) is 18.7 Å². The van der Waals surface area contributed by atoms with E-state index in [1.54, 1.807) is 6.20 Å². The number of benzene rings is 1. The topological polar surface area (TPSA) is 109 Å². The molecule has 9 nitrogen and oxygen atoms in total. The lowest BCUT2D eigenvalue weighted by atomic mass is 10.1. The largest absolute Gasteiger partial charge is 0.378 e. The minimum atomic E-state index is -0.446. The Hall–Kier alpha value is -3.04. The number of rotatable bonds is 2. The Balaban J connectivity index is 1.62. The first-order chi connectivity index (χ1) is 12.8. The molecule has 4 heterocycles. The molecule has 0 amide bonds. The van der Waals surface area contributed by atoms with Crippen LogP contribution in [0.3, 0.4) is 0 Å². The summed E-state index contributed by atoms with van der Waals surface area (Å²) in [5, 5.41) is 0. The van der Waals surface area contributed by atoms with Gasteiger partial charge in [-0.25, -0.2) is 9.97 Å². The summed E-state index contributed by atoms with van der Waals surface area (Å²) in [7, 11) is 0. The van der Waals surface area contributed by atoms with Crippen molar-refractivity contribution in [2.24, 2.45) is 0 Å². The molecule has 3 aromatic rings. The second kappa shape index (κ2) is 6.04. The third-order valence-electron chi connectivity index (χ3n) is 4.44. The maximum atomic E-state index is 5.86. The van der Waals surface area contributed by atoms with Crippen molar-refractivity contribution in [1.82, 2.24) is 19.9 Å². The molecule has 26 heavy (non-hydrogen) atoms. The summed E-state index contributed by atoms with van der Waals surface area (Å²) >= 11 is 0. The Morgan fingerprint density at radius 2 is 1.92 bits per heavy atom. The first-order valence-corrected chi connectivity index (χ1v) is 8.35. The minimum Gasteiger partial charge on any atom is -0.378 e. The number of nitrogens with two attached hydrogens (primary N) is 1. The molecule has 0 saturated carbocycles. The summed E-state index contributed by atoms with van der Waals surface area (Å²) < 4.78 is 5.42. The quantitative estimate of drug-likeness (QED) is 0.682. The average Bonchev–Trinajstić information content (AvgIpc) is 3.12. The van der Waals surface area contributed by atoms with E-state index in [4.69, 9.17) is 25.2 Å². The third-order valence-corrected chi connectivity index (χ3v) is 4.44. The van der Waals surface area contributed by atoms with Crippen LogP contribution >= 0.6 is 0 Å². The van der Waals surface area contributed by atoms with Crippen LogP contribution in [0, 0.1) is 0 Å². The summed E-state index contributed by atoms with van der Waals surface area (Å²) in [4.78, 5) is 30.6. The number of aromatic nitrogens is 4. The van der Waals surface area contributed by atoms with Gasteiger partial charge in [0.1, 0.15) is 0 Å². The highest BCUT2D eigenvalue weighted by Gasteiger charge is 2.30. The number of para-hydroxylation sites is 1. The van der Waals surface area contributed by atoms with Crippen molar-refractivity contribution < 1.29 is 14.5 Å². The lowest BCUT2D eigenvalue weighted by Gasteiger charge is -2.28. The highest BCUT2D eigenvalue weighted by Crippen LogP contribution is 2.38. The average molecular weight is 352 g/mol. The van der Waals surface area contributed by atoms with Crippen LogP contribution in [0.2, 0.25) is 0 Å². The highest BCUT2D eigenvalue weighted by atomic mass is 17.2. The van der Waals surface area contributed by atoms with E-state index in [0.717, 1.165) is 5.56 Å². The molecular weight excluding hydrogens is 336 g/mol. The predicted octanol–water partition coefficient (Wildman–Crippen LogP) is 1.25. The second-order valence-corrected chi connectivity index (χ2v) is 6.07. The Bertz CT molecular complexity index is 976. The van der Waals surface area contributed by atoms with Crippen LogP contribution in [0.25, 0.3) is 11.2 Å². The summed E-state index contributed by atoms with van der Waals surface area (Å²) in [6, 6.07) is 7.62. The molecule has 2 aliphatic rings. The van der Waals surface area contributed by atoms with E-state index in [1.807, 2.05) is 24.3 Å². The number of ether oxygens (including phenoxy) is 1. The number of nitrogens with zero attached hydrogens (tertiary/aromatic N) is 5. The molecule has 2 aliphatic heterocycles. The highest BCUT2D eigenvalue weighted by molar-refractivity contribution is 5.84. The molecule has 9 heteroatoms. The molecule has 2 N–H and O–H groups in total. The third kappa shape index (κ3) is 2.49. The van der Waals surface area contributed by atoms with Gasteiger partial charge in [0.25, 0.3) is 0 Å². The molecule has 1 aromatic carbocycles. The molecule has 132 valence electrons. The van der Waals surface area contributed by atoms with E-state index in [2.05, 4.69) is 19.9 Å². The fourth-order valence-corrected chi connectivity index (χ4v) is 3.18. The zero-order valence-corrected chi connectivity index (χ0v) is 13.8. The van der Waals surface area contributed by atoms with Crippen LogP contribution in [-0.4, -0.2) is 46.2 Å². The van der Waals surface area contributed by atoms with Crippen molar-refractivity contribution in [2.45, 2.75) is 6.10 Å². The van der Waals surface area contributed by atoms with Gasteiger partial charge in [-0.15, -0.1) is 0 Å². The van der Waals surface area contributed by atoms with Crippen molar-refractivity contribution in [2.75, 3.05) is 36.9 Å². The Labute approximate surface area is 148 Å². The van der Waals surface area contributed by atoms with Gasteiger partial charge in [0.05, 0.1) is 25.1 Å². The Morgan fingerprint density at radius 1 is 1.08 bits per heavy atom. The van der Waals surface area contributed by atoms with Crippen LogP contribution < -0.4 is 15.5 Å². The van der Waals surface area contributed by atoms with E-state index in [9.17, 15) is 0 Å². The number of morpholine rings is 1. The standard InChI is InChI=1S/C17H16N6O3/c18-17-21-15-13(16(22-17)23-5-7-24-8-6-23)20-11(9-19-15)14-10-3-1-2-4-12(10)25-26-14/h1-4,9,14H,5-8H2,(H2,18,19,21,22). The Morgan fingerprint density at radius 3 is 2.81 bits per heavy atom. The number of anilines is 2. The first kappa shape index (κ1) is 15.2. The Kier molecular flexibility index (Phi) is 3.54. The number of nitrogen functional groups attached to an aromatic ring is 1. The van der Waals surface area contributed by atoms with Gasteiger partial charge in [-0.1, -0.05) is 18.2 Å². The fraction of sp³-hybridized carbons (Fsp3) is 0.294. The maximum Gasteiger partial charge on any atom is 0.224 e. The molecule has 1 saturated heterocycles. The summed E-state index contributed by atoms with van der Waals surface area (Å²) in [6.45, 7) is 2.68. The second-order valence-electron chi connectivity index (χ2n) is 6.07. The predicted molar refractivity (Wildman–Crippen MR) is 92.6 cm³/mol. The normalized spacial score (nSPS) is 19.4. The molecule has 1 fully saturated rings. The molecule has 2 aromatic heterocycles. The van der Waals surface area contributed by atoms with Gasteiger partial charge in [-0.2, -0.15) is 14.9 Å². The minimum absolute atomic E-state index is 0.173. The molecule has 0 bridgehead atoms. The summed E-state index contributed by atoms with van der Waals surface area (Å²) in [5.41, 5.74) is 8.44. The summed E-state index contributed by atoms with van der Waals surface area (Å²) in [5.74, 6) is 1.52. The summed E-state index contributed by atoms with van der Waals surface area (Å²) in [6.07, 6.45) is 1.19. The maximum absolute atomic E-state index is 5.86. The lowest BCUT2D eigenvalue weighted by molar-refractivity contribution is -0.213. The van der Waals surface area contributed by atoms with Crippen molar-refractivity contribution in [1.29, 1.82) is 0 Å². The molecule has 1 unspecified atom stereocenters. The number of fused-ring (bicyclic) bond motifs is 2.